The number of hydrogen-bond donors (Lipinski definition) is 1. The van der Waals surface area contributed by atoms with Crippen molar-refractivity contribution in [1.29, 1.82) is 0 Å². The molecule has 0 fully saturated rings. The molecule has 3 rings (SSSR count). The zero-order chi connectivity index (χ0) is 11.1. The number of aryl methyl sites for hydroxylation is 1. The maximum Gasteiger partial charge on any atom is 0.240 e. The molecule has 1 aliphatic heterocycles. The Kier molecular flexibility index (Phi) is 2.21. The summed E-state index contributed by atoms with van der Waals surface area (Å²) < 4.78 is 0. The third-order valence-electron chi connectivity index (χ3n) is 3.22. The van der Waals surface area contributed by atoms with Gasteiger partial charge in [-0.2, -0.15) is 5.10 Å². The van der Waals surface area contributed by atoms with Gasteiger partial charge in [0.2, 0.25) is 5.91 Å². The van der Waals surface area contributed by atoms with E-state index < -0.39 is 0 Å². The van der Waals surface area contributed by atoms with Crippen LogP contribution in [0.5, 0.6) is 0 Å². The van der Waals surface area contributed by atoms with Crippen LogP contribution in [0.2, 0.25) is 5.02 Å². The fourth-order valence-corrected chi connectivity index (χ4v) is 2.64. The van der Waals surface area contributed by atoms with E-state index in [0.29, 0.717) is 6.42 Å². The highest BCUT2D eigenvalue weighted by Crippen LogP contribution is 2.31. The van der Waals surface area contributed by atoms with Gasteiger partial charge in [-0.3, -0.25) is 4.79 Å². The Balaban J connectivity index is 2.09. The van der Waals surface area contributed by atoms with Crippen molar-refractivity contribution in [2.24, 2.45) is 11.0 Å². The predicted octanol–water partition coefficient (Wildman–Crippen LogP) is 2.13. The van der Waals surface area contributed by atoms with Gasteiger partial charge in [-0.1, -0.05) is 17.7 Å². The van der Waals surface area contributed by atoms with Gasteiger partial charge in [0.05, 0.1) is 5.71 Å². The molecule has 0 bridgehead atoms. The van der Waals surface area contributed by atoms with Crippen molar-refractivity contribution >= 4 is 23.2 Å². The standard InChI is InChI=1S/C12H11ClN2O/c13-9-3-4-10-7(5-9)1-2-8-6-11(16)14-15-12(8)10/h3-5,8H,1-2,6H2,(H,14,16). The zero-order valence-electron chi connectivity index (χ0n) is 8.66. The topological polar surface area (TPSA) is 41.5 Å². The smallest absolute Gasteiger partial charge is 0.240 e. The Hall–Kier alpha value is -1.35. The van der Waals surface area contributed by atoms with Crippen molar-refractivity contribution in [1.82, 2.24) is 5.43 Å². The van der Waals surface area contributed by atoms with Gasteiger partial charge >= 0.3 is 0 Å². The molecule has 16 heavy (non-hydrogen) atoms. The van der Waals surface area contributed by atoms with Crippen LogP contribution in [-0.4, -0.2) is 11.6 Å². The molecule has 0 saturated heterocycles. The zero-order valence-corrected chi connectivity index (χ0v) is 9.42. The molecule has 0 spiro atoms. The molecule has 1 N–H and O–H groups in total. The molecule has 1 amide bonds. The van der Waals surface area contributed by atoms with Crippen LogP contribution in [0.3, 0.4) is 0 Å². The minimum atomic E-state index is 0.0196. The third kappa shape index (κ3) is 1.52. The van der Waals surface area contributed by atoms with Crippen LogP contribution < -0.4 is 5.43 Å². The van der Waals surface area contributed by atoms with E-state index in [4.69, 9.17) is 11.6 Å². The van der Waals surface area contributed by atoms with Gasteiger partial charge in [0.25, 0.3) is 0 Å². The van der Waals surface area contributed by atoms with Crippen LogP contribution in [0.4, 0.5) is 0 Å². The summed E-state index contributed by atoms with van der Waals surface area (Å²) in [7, 11) is 0. The van der Waals surface area contributed by atoms with E-state index in [-0.39, 0.29) is 11.8 Å². The Labute approximate surface area is 98.5 Å². The molecular formula is C12H11ClN2O. The minimum Gasteiger partial charge on any atom is -0.273 e. The number of carbonyl (C=O) groups is 1. The number of halogens is 1. The Morgan fingerprint density at radius 2 is 2.31 bits per heavy atom. The summed E-state index contributed by atoms with van der Waals surface area (Å²) in [5, 5.41) is 4.94. The largest absolute Gasteiger partial charge is 0.273 e. The second-order valence-electron chi connectivity index (χ2n) is 4.27. The van der Waals surface area contributed by atoms with Crippen LogP contribution in [0.25, 0.3) is 0 Å². The van der Waals surface area contributed by atoms with E-state index in [1.807, 2.05) is 18.2 Å². The number of nitrogens with one attached hydrogen (secondary N) is 1. The number of rotatable bonds is 0. The molecule has 82 valence electrons. The van der Waals surface area contributed by atoms with E-state index in [1.165, 1.54) is 5.56 Å². The number of benzene rings is 1. The number of hydrogen-bond acceptors (Lipinski definition) is 2. The van der Waals surface area contributed by atoms with E-state index in [1.54, 1.807) is 0 Å². The molecular weight excluding hydrogens is 224 g/mol. The SMILES string of the molecule is O=C1CC2CCc3cc(Cl)ccc3C2=NN1. The Morgan fingerprint density at radius 1 is 1.44 bits per heavy atom. The molecule has 1 aliphatic carbocycles. The van der Waals surface area contributed by atoms with Crippen molar-refractivity contribution < 1.29 is 4.79 Å². The van der Waals surface area contributed by atoms with E-state index in [0.717, 1.165) is 29.1 Å². The monoisotopic (exact) mass is 234 g/mol. The van der Waals surface area contributed by atoms with Crippen LogP contribution in [0.1, 0.15) is 24.0 Å². The van der Waals surface area contributed by atoms with Crippen LogP contribution in [0.15, 0.2) is 23.3 Å². The lowest BCUT2D eigenvalue weighted by Gasteiger charge is -2.28. The molecule has 4 heteroatoms. The average Bonchev–Trinajstić information content (AvgIpc) is 2.28. The molecule has 1 aromatic carbocycles. The summed E-state index contributed by atoms with van der Waals surface area (Å²) in [6.07, 6.45) is 2.52. The fourth-order valence-electron chi connectivity index (χ4n) is 2.45. The molecule has 0 saturated carbocycles. The highest BCUT2D eigenvalue weighted by Gasteiger charge is 2.30. The summed E-state index contributed by atoms with van der Waals surface area (Å²) in [4.78, 5) is 11.2. The average molecular weight is 235 g/mol. The van der Waals surface area contributed by atoms with Gasteiger partial charge in [-0.05, 0) is 30.5 Å². The number of nitrogens with zero attached hydrogens (tertiary/aromatic N) is 1. The first-order valence-electron chi connectivity index (χ1n) is 5.39. The summed E-state index contributed by atoms with van der Waals surface area (Å²) in [6, 6.07) is 5.87. The number of amides is 1. The molecule has 1 atom stereocenters. The summed E-state index contributed by atoms with van der Waals surface area (Å²) in [5.74, 6) is 0.300. The molecule has 1 aromatic rings. The fraction of sp³-hybridized carbons (Fsp3) is 0.333. The summed E-state index contributed by atoms with van der Waals surface area (Å²) in [5.41, 5.74) is 5.94. The van der Waals surface area contributed by atoms with Crippen molar-refractivity contribution in [3.05, 3.63) is 34.3 Å². The highest BCUT2D eigenvalue weighted by molar-refractivity contribution is 6.30. The second-order valence-corrected chi connectivity index (χ2v) is 4.71. The molecule has 1 unspecified atom stereocenters. The lowest BCUT2D eigenvalue weighted by Crippen LogP contribution is -2.36. The van der Waals surface area contributed by atoms with E-state index >= 15 is 0 Å². The lowest BCUT2D eigenvalue weighted by molar-refractivity contribution is -0.122. The highest BCUT2D eigenvalue weighted by atomic mass is 35.5. The van der Waals surface area contributed by atoms with Crippen LogP contribution in [-0.2, 0) is 11.2 Å². The predicted molar refractivity (Wildman–Crippen MR) is 62.6 cm³/mol. The van der Waals surface area contributed by atoms with E-state index in [2.05, 4.69) is 10.5 Å². The van der Waals surface area contributed by atoms with Gasteiger partial charge in [0, 0.05) is 22.9 Å². The molecule has 0 aromatic heterocycles. The molecule has 3 nitrogen and oxygen atoms in total. The number of hydrazone groups is 1. The Morgan fingerprint density at radius 3 is 3.19 bits per heavy atom. The van der Waals surface area contributed by atoms with Gasteiger partial charge < -0.3 is 0 Å². The second kappa shape index (κ2) is 3.59. The van der Waals surface area contributed by atoms with Crippen LogP contribution >= 0.6 is 11.6 Å². The van der Waals surface area contributed by atoms with Crippen molar-refractivity contribution in [3.63, 3.8) is 0 Å². The van der Waals surface area contributed by atoms with Crippen molar-refractivity contribution in [2.45, 2.75) is 19.3 Å². The first-order valence-corrected chi connectivity index (χ1v) is 5.77. The Bertz CT molecular complexity index is 496. The summed E-state index contributed by atoms with van der Waals surface area (Å²) in [6.45, 7) is 0. The van der Waals surface area contributed by atoms with Gasteiger partial charge in [-0.15, -0.1) is 0 Å². The third-order valence-corrected chi connectivity index (χ3v) is 3.46. The molecule has 2 aliphatic rings. The maximum atomic E-state index is 11.2. The lowest BCUT2D eigenvalue weighted by atomic mass is 9.80. The van der Waals surface area contributed by atoms with E-state index in [9.17, 15) is 4.79 Å². The number of carbonyl (C=O) groups excluding carboxylic acids is 1. The first kappa shape index (κ1) is 9.85. The van der Waals surface area contributed by atoms with Crippen molar-refractivity contribution in [2.75, 3.05) is 0 Å². The van der Waals surface area contributed by atoms with Gasteiger partial charge in [-0.25, -0.2) is 5.43 Å². The molecule has 1 heterocycles. The van der Waals surface area contributed by atoms with Gasteiger partial charge in [0.15, 0.2) is 0 Å². The quantitative estimate of drug-likeness (QED) is 0.734. The normalized spacial score (nSPS) is 22.9. The van der Waals surface area contributed by atoms with Crippen LogP contribution in [0, 0.1) is 5.92 Å². The minimum absolute atomic E-state index is 0.0196. The van der Waals surface area contributed by atoms with Crippen molar-refractivity contribution in [3.8, 4) is 0 Å². The maximum absolute atomic E-state index is 11.2. The van der Waals surface area contributed by atoms with Gasteiger partial charge in [0.1, 0.15) is 0 Å². The first-order chi connectivity index (χ1) is 7.74. The molecule has 0 radical (unpaired) electrons. The summed E-state index contributed by atoms with van der Waals surface area (Å²) >= 11 is 5.97. The number of fused-ring (bicyclic) bond motifs is 3.